The monoisotopic (exact) mass is 292 g/mol. The van der Waals surface area contributed by atoms with E-state index in [9.17, 15) is 4.79 Å². The maximum Gasteiger partial charge on any atom is 0.306 e. The Morgan fingerprint density at radius 1 is 1.38 bits per heavy atom. The van der Waals surface area contributed by atoms with Crippen LogP contribution in [0, 0.1) is 6.92 Å². The fourth-order valence-electron chi connectivity index (χ4n) is 2.31. The molecule has 1 atom stereocenters. The maximum atomic E-state index is 11.6. The Morgan fingerprint density at radius 2 is 2.29 bits per heavy atom. The molecule has 0 bridgehead atoms. The first-order chi connectivity index (χ1) is 10.2. The molecule has 0 amide bonds. The molecule has 0 spiro atoms. The highest BCUT2D eigenvalue weighted by atomic mass is 16.6. The topological polar surface area (TPSA) is 44.8 Å². The quantitative estimate of drug-likeness (QED) is 0.571. The fraction of sp³-hybridized carbons (Fsp3) is 0.588. The Morgan fingerprint density at radius 3 is 3.05 bits per heavy atom. The average Bonchev–Trinajstić information content (AvgIpc) is 2.51. The second kappa shape index (κ2) is 8.67. The van der Waals surface area contributed by atoms with E-state index in [0.29, 0.717) is 26.1 Å². The molecule has 1 aliphatic heterocycles. The van der Waals surface area contributed by atoms with Crippen LogP contribution in [-0.4, -0.2) is 31.9 Å². The van der Waals surface area contributed by atoms with Gasteiger partial charge in [0.15, 0.2) is 0 Å². The lowest BCUT2D eigenvalue weighted by atomic mass is 10.1. The van der Waals surface area contributed by atoms with Crippen LogP contribution < -0.4 is 4.74 Å². The third-order valence-electron chi connectivity index (χ3n) is 3.49. The van der Waals surface area contributed by atoms with Crippen molar-refractivity contribution in [2.24, 2.45) is 0 Å². The van der Waals surface area contributed by atoms with Gasteiger partial charge < -0.3 is 14.2 Å². The number of rotatable bonds is 7. The highest BCUT2D eigenvalue weighted by molar-refractivity contribution is 5.69. The van der Waals surface area contributed by atoms with Crippen LogP contribution in [0.4, 0.5) is 0 Å². The first kappa shape index (κ1) is 15.8. The van der Waals surface area contributed by atoms with E-state index in [4.69, 9.17) is 14.2 Å². The van der Waals surface area contributed by atoms with Crippen LogP contribution in [-0.2, 0) is 14.3 Å². The number of esters is 1. The molecule has 0 saturated carbocycles. The van der Waals surface area contributed by atoms with E-state index in [1.54, 1.807) is 0 Å². The van der Waals surface area contributed by atoms with Crippen LogP contribution >= 0.6 is 0 Å². The number of aryl methyl sites for hydroxylation is 1. The van der Waals surface area contributed by atoms with Gasteiger partial charge in [-0.15, -0.1) is 0 Å². The van der Waals surface area contributed by atoms with Crippen molar-refractivity contribution in [3.8, 4) is 5.75 Å². The highest BCUT2D eigenvalue weighted by Gasteiger charge is 2.15. The van der Waals surface area contributed by atoms with Crippen molar-refractivity contribution in [2.75, 3.05) is 19.8 Å². The molecule has 0 radical (unpaired) electrons. The molecule has 4 heteroatoms. The van der Waals surface area contributed by atoms with Crippen LogP contribution in [0.1, 0.15) is 37.7 Å². The van der Waals surface area contributed by atoms with E-state index >= 15 is 0 Å². The van der Waals surface area contributed by atoms with Crippen molar-refractivity contribution in [1.29, 1.82) is 0 Å². The molecule has 116 valence electrons. The summed E-state index contributed by atoms with van der Waals surface area (Å²) in [5.74, 6) is 0.677. The maximum absolute atomic E-state index is 11.6. The molecule has 0 aromatic heterocycles. The van der Waals surface area contributed by atoms with Gasteiger partial charge in [-0.3, -0.25) is 4.79 Å². The van der Waals surface area contributed by atoms with E-state index in [1.165, 1.54) is 5.56 Å². The Hall–Kier alpha value is -1.55. The lowest BCUT2D eigenvalue weighted by molar-refractivity contribution is -0.149. The summed E-state index contributed by atoms with van der Waals surface area (Å²) in [6.45, 7) is 3.72. The first-order valence-corrected chi connectivity index (χ1v) is 7.71. The highest BCUT2D eigenvalue weighted by Crippen LogP contribution is 2.14. The number of hydrogen-bond donors (Lipinski definition) is 0. The number of carbonyl (C=O) groups excluding carboxylic acids is 1. The van der Waals surface area contributed by atoms with Crippen molar-refractivity contribution in [3.05, 3.63) is 29.8 Å². The van der Waals surface area contributed by atoms with E-state index in [2.05, 4.69) is 0 Å². The molecule has 1 heterocycles. The Bertz CT molecular complexity index is 438. The summed E-state index contributed by atoms with van der Waals surface area (Å²) in [5.41, 5.74) is 1.17. The molecule has 1 aromatic carbocycles. The van der Waals surface area contributed by atoms with E-state index in [1.807, 2.05) is 31.2 Å². The minimum atomic E-state index is -0.169. The van der Waals surface area contributed by atoms with E-state index < -0.39 is 0 Å². The largest absolute Gasteiger partial charge is 0.494 e. The third-order valence-corrected chi connectivity index (χ3v) is 3.49. The number of hydrogen-bond acceptors (Lipinski definition) is 4. The van der Waals surface area contributed by atoms with Gasteiger partial charge in [-0.1, -0.05) is 12.1 Å². The molecule has 0 N–H and O–H groups in total. The van der Waals surface area contributed by atoms with Crippen molar-refractivity contribution in [2.45, 2.75) is 45.1 Å². The van der Waals surface area contributed by atoms with Gasteiger partial charge in [0.25, 0.3) is 0 Å². The third kappa shape index (κ3) is 6.17. The normalized spacial score (nSPS) is 18.2. The van der Waals surface area contributed by atoms with Crippen LogP contribution in [0.3, 0.4) is 0 Å². The molecular formula is C17H24O4. The van der Waals surface area contributed by atoms with Crippen LogP contribution in [0.15, 0.2) is 24.3 Å². The number of carbonyl (C=O) groups is 1. The molecule has 21 heavy (non-hydrogen) atoms. The number of benzene rings is 1. The van der Waals surface area contributed by atoms with Crippen molar-refractivity contribution < 1.29 is 19.0 Å². The van der Waals surface area contributed by atoms with E-state index in [-0.39, 0.29) is 12.1 Å². The standard InChI is InChI=1S/C17H24O4/c1-14-6-4-8-15(12-14)19-11-5-9-17(18)21-13-16-7-2-3-10-20-16/h4,6,8,12,16H,2-3,5,7,9-11,13H2,1H3. The minimum Gasteiger partial charge on any atom is -0.494 e. The van der Waals surface area contributed by atoms with Gasteiger partial charge in [0.1, 0.15) is 12.4 Å². The van der Waals surface area contributed by atoms with E-state index in [0.717, 1.165) is 31.6 Å². The zero-order valence-corrected chi connectivity index (χ0v) is 12.7. The lowest BCUT2D eigenvalue weighted by Gasteiger charge is -2.22. The second-order valence-electron chi connectivity index (χ2n) is 5.44. The van der Waals surface area contributed by atoms with Crippen molar-refractivity contribution >= 4 is 5.97 Å². The Balaban J connectivity index is 1.54. The molecule has 1 aromatic rings. The summed E-state index contributed by atoms with van der Waals surface area (Å²) < 4.78 is 16.4. The molecule has 1 aliphatic rings. The van der Waals surface area contributed by atoms with Crippen LogP contribution in [0.5, 0.6) is 5.75 Å². The summed E-state index contributed by atoms with van der Waals surface area (Å²) in [6.07, 6.45) is 4.40. The van der Waals surface area contributed by atoms with Crippen LogP contribution in [0.25, 0.3) is 0 Å². The Labute approximate surface area is 126 Å². The average molecular weight is 292 g/mol. The molecule has 2 rings (SSSR count). The van der Waals surface area contributed by atoms with Gasteiger partial charge in [-0.25, -0.2) is 0 Å². The molecule has 1 unspecified atom stereocenters. The molecule has 4 nitrogen and oxygen atoms in total. The first-order valence-electron chi connectivity index (χ1n) is 7.71. The predicted molar refractivity (Wildman–Crippen MR) is 80.5 cm³/mol. The summed E-state index contributed by atoms with van der Waals surface area (Å²) in [4.78, 5) is 11.6. The van der Waals surface area contributed by atoms with Crippen molar-refractivity contribution in [3.63, 3.8) is 0 Å². The summed E-state index contributed by atoms with van der Waals surface area (Å²) in [5, 5.41) is 0. The smallest absolute Gasteiger partial charge is 0.306 e. The molecule has 0 aliphatic carbocycles. The summed E-state index contributed by atoms with van der Waals surface area (Å²) >= 11 is 0. The van der Waals surface area contributed by atoms with Gasteiger partial charge in [-0.2, -0.15) is 0 Å². The SMILES string of the molecule is Cc1cccc(OCCCC(=O)OCC2CCCCO2)c1. The predicted octanol–water partition coefficient (Wildman–Crippen LogP) is 3.27. The van der Waals surface area contributed by atoms with Gasteiger partial charge in [0.05, 0.1) is 12.7 Å². The fourth-order valence-corrected chi connectivity index (χ4v) is 2.31. The second-order valence-corrected chi connectivity index (χ2v) is 5.44. The lowest BCUT2D eigenvalue weighted by Crippen LogP contribution is -2.26. The Kier molecular flexibility index (Phi) is 6.54. The van der Waals surface area contributed by atoms with Crippen LogP contribution in [0.2, 0.25) is 0 Å². The molecule has 1 saturated heterocycles. The minimum absolute atomic E-state index is 0.0891. The molecular weight excluding hydrogens is 268 g/mol. The van der Waals surface area contributed by atoms with Gasteiger partial charge in [-0.05, 0) is 50.3 Å². The van der Waals surface area contributed by atoms with Gasteiger partial charge in [0.2, 0.25) is 0 Å². The van der Waals surface area contributed by atoms with Crippen molar-refractivity contribution in [1.82, 2.24) is 0 Å². The summed E-state index contributed by atoms with van der Waals surface area (Å²) in [7, 11) is 0. The number of ether oxygens (including phenoxy) is 3. The van der Waals surface area contributed by atoms with Gasteiger partial charge in [0, 0.05) is 13.0 Å². The summed E-state index contributed by atoms with van der Waals surface area (Å²) in [6, 6.07) is 7.89. The zero-order valence-electron chi connectivity index (χ0n) is 12.7. The van der Waals surface area contributed by atoms with Gasteiger partial charge >= 0.3 is 5.97 Å². The molecule has 1 fully saturated rings. The zero-order chi connectivity index (χ0) is 14.9.